The minimum Gasteiger partial charge on any atom is -0.398 e. The van der Waals surface area contributed by atoms with Crippen molar-refractivity contribution in [2.24, 2.45) is 5.92 Å². The van der Waals surface area contributed by atoms with Crippen molar-refractivity contribution >= 4 is 11.4 Å². The van der Waals surface area contributed by atoms with Crippen molar-refractivity contribution in [1.29, 1.82) is 0 Å². The van der Waals surface area contributed by atoms with Crippen molar-refractivity contribution in [3.05, 3.63) is 23.8 Å². The van der Waals surface area contributed by atoms with E-state index >= 15 is 0 Å². The van der Waals surface area contributed by atoms with Crippen LogP contribution in [0.2, 0.25) is 0 Å². The van der Waals surface area contributed by atoms with E-state index in [0.29, 0.717) is 0 Å². The van der Waals surface area contributed by atoms with Crippen LogP contribution in [0.3, 0.4) is 0 Å². The average molecular weight is 247 g/mol. The number of nitrogens with two attached hydrogens (primary N) is 1. The van der Waals surface area contributed by atoms with E-state index in [1.807, 2.05) is 13.0 Å². The first-order valence-corrected chi connectivity index (χ1v) is 7.01. The molecule has 100 valence electrons. The molecule has 0 amide bonds. The van der Waals surface area contributed by atoms with E-state index in [0.717, 1.165) is 29.4 Å². The zero-order chi connectivity index (χ0) is 13.0. The number of nitrogens with one attached hydrogen (secondary N) is 1. The molecule has 0 atom stereocenters. The van der Waals surface area contributed by atoms with E-state index in [1.54, 1.807) is 0 Å². The van der Waals surface area contributed by atoms with E-state index in [2.05, 4.69) is 29.3 Å². The summed E-state index contributed by atoms with van der Waals surface area (Å²) in [6, 6.07) is 6.24. The molecule has 1 aromatic carbocycles. The number of piperidine rings is 1. The van der Waals surface area contributed by atoms with Gasteiger partial charge in [-0.2, -0.15) is 0 Å². The molecule has 1 heterocycles. The van der Waals surface area contributed by atoms with Gasteiger partial charge in [0.15, 0.2) is 0 Å². The highest BCUT2D eigenvalue weighted by molar-refractivity contribution is 5.58. The summed E-state index contributed by atoms with van der Waals surface area (Å²) in [5, 5.41) is 3.52. The number of benzene rings is 1. The van der Waals surface area contributed by atoms with E-state index in [-0.39, 0.29) is 0 Å². The Labute approximate surface area is 110 Å². The number of hydrogen-bond acceptors (Lipinski definition) is 3. The second kappa shape index (κ2) is 6.10. The molecule has 0 spiro atoms. The average Bonchev–Trinajstić information content (AvgIpc) is 2.41. The maximum atomic E-state index is 5.92. The number of hydrogen-bond donors (Lipinski definition) is 2. The fourth-order valence-corrected chi connectivity index (χ4v) is 2.52. The number of aryl methyl sites for hydroxylation is 1. The normalized spacial score (nSPS) is 17.9. The number of rotatable bonds is 4. The summed E-state index contributed by atoms with van der Waals surface area (Å²) in [7, 11) is 0. The predicted molar refractivity (Wildman–Crippen MR) is 78.9 cm³/mol. The minimum atomic E-state index is 0.801. The Hall–Kier alpha value is -1.22. The van der Waals surface area contributed by atoms with Gasteiger partial charge in [-0.05, 0) is 63.0 Å². The van der Waals surface area contributed by atoms with Crippen LogP contribution in [0.15, 0.2) is 18.2 Å². The van der Waals surface area contributed by atoms with Gasteiger partial charge in [-0.1, -0.05) is 13.0 Å². The van der Waals surface area contributed by atoms with Gasteiger partial charge in [0.1, 0.15) is 0 Å². The number of nitrogens with zero attached hydrogens (tertiary/aromatic N) is 1. The Bertz CT molecular complexity index is 381. The molecule has 0 unspecified atom stereocenters. The standard InChI is InChI=1S/C15H25N3/c1-3-18-8-6-13(7-9-18)11-17-14-5-4-12(2)15(16)10-14/h4-5,10,13,17H,3,6-9,11,16H2,1-2H3. The maximum Gasteiger partial charge on any atom is 0.0364 e. The molecule has 0 saturated carbocycles. The highest BCUT2D eigenvalue weighted by Gasteiger charge is 2.17. The zero-order valence-electron chi connectivity index (χ0n) is 11.6. The second-order valence-corrected chi connectivity index (χ2v) is 5.33. The molecular formula is C15H25N3. The van der Waals surface area contributed by atoms with Gasteiger partial charge in [-0.25, -0.2) is 0 Å². The molecule has 0 aliphatic carbocycles. The quantitative estimate of drug-likeness (QED) is 0.804. The van der Waals surface area contributed by atoms with Crippen molar-refractivity contribution in [2.45, 2.75) is 26.7 Å². The van der Waals surface area contributed by atoms with Gasteiger partial charge in [0.2, 0.25) is 0 Å². The lowest BCUT2D eigenvalue weighted by Gasteiger charge is -2.31. The minimum absolute atomic E-state index is 0.801. The van der Waals surface area contributed by atoms with E-state index < -0.39 is 0 Å². The molecule has 0 bridgehead atoms. The molecular weight excluding hydrogens is 222 g/mol. The topological polar surface area (TPSA) is 41.3 Å². The Morgan fingerprint density at radius 2 is 2.06 bits per heavy atom. The summed E-state index contributed by atoms with van der Waals surface area (Å²) in [6.45, 7) is 9.04. The third-order valence-electron chi connectivity index (χ3n) is 4.03. The lowest BCUT2D eigenvalue weighted by Crippen LogP contribution is -2.35. The summed E-state index contributed by atoms with van der Waals surface area (Å²) in [6.07, 6.45) is 2.62. The van der Waals surface area contributed by atoms with Crippen LogP contribution >= 0.6 is 0 Å². The maximum absolute atomic E-state index is 5.92. The highest BCUT2D eigenvalue weighted by Crippen LogP contribution is 2.20. The fraction of sp³-hybridized carbons (Fsp3) is 0.600. The van der Waals surface area contributed by atoms with Crippen LogP contribution in [0.1, 0.15) is 25.3 Å². The second-order valence-electron chi connectivity index (χ2n) is 5.33. The molecule has 0 radical (unpaired) electrons. The third kappa shape index (κ3) is 3.39. The first kappa shape index (κ1) is 13.2. The largest absolute Gasteiger partial charge is 0.398 e. The Morgan fingerprint density at radius 3 is 2.67 bits per heavy atom. The van der Waals surface area contributed by atoms with Gasteiger partial charge in [-0.15, -0.1) is 0 Å². The molecule has 2 rings (SSSR count). The van der Waals surface area contributed by atoms with Crippen molar-refractivity contribution in [3.63, 3.8) is 0 Å². The molecule has 3 N–H and O–H groups in total. The summed E-state index contributed by atoms with van der Waals surface area (Å²) >= 11 is 0. The predicted octanol–water partition coefficient (Wildman–Crippen LogP) is 2.72. The van der Waals surface area contributed by atoms with Crippen molar-refractivity contribution < 1.29 is 0 Å². The molecule has 1 fully saturated rings. The number of nitrogen functional groups attached to an aromatic ring is 1. The van der Waals surface area contributed by atoms with Gasteiger partial charge < -0.3 is 16.0 Å². The third-order valence-corrected chi connectivity index (χ3v) is 4.03. The molecule has 3 heteroatoms. The Kier molecular flexibility index (Phi) is 4.48. The van der Waals surface area contributed by atoms with E-state index in [1.165, 1.54) is 32.5 Å². The van der Waals surface area contributed by atoms with Gasteiger partial charge in [0.05, 0.1) is 0 Å². The lowest BCUT2D eigenvalue weighted by atomic mass is 9.97. The van der Waals surface area contributed by atoms with Gasteiger partial charge in [0.25, 0.3) is 0 Å². The van der Waals surface area contributed by atoms with Crippen LogP contribution in [0.5, 0.6) is 0 Å². The van der Waals surface area contributed by atoms with Gasteiger partial charge in [0, 0.05) is 17.9 Å². The Morgan fingerprint density at radius 1 is 1.33 bits per heavy atom. The first-order chi connectivity index (χ1) is 8.69. The fourth-order valence-electron chi connectivity index (χ4n) is 2.52. The Balaban J connectivity index is 1.79. The molecule has 1 aliphatic heterocycles. The van der Waals surface area contributed by atoms with Crippen LogP contribution in [0.25, 0.3) is 0 Å². The van der Waals surface area contributed by atoms with Crippen LogP contribution in [-0.2, 0) is 0 Å². The number of anilines is 2. The van der Waals surface area contributed by atoms with E-state index in [9.17, 15) is 0 Å². The molecule has 3 nitrogen and oxygen atoms in total. The lowest BCUT2D eigenvalue weighted by molar-refractivity contribution is 0.198. The van der Waals surface area contributed by atoms with Gasteiger partial charge >= 0.3 is 0 Å². The van der Waals surface area contributed by atoms with Crippen LogP contribution < -0.4 is 11.1 Å². The summed E-state index contributed by atoms with van der Waals surface area (Å²) < 4.78 is 0. The smallest absolute Gasteiger partial charge is 0.0364 e. The molecule has 1 aliphatic rings. The molecule has 1 aromatic rings. The highest BCUT2D eigenvalue weighted by atomic mass is 15.1. The van der Waals surface area contributed by atoms with Crippen molar-refractivity contribution in [3.8, 4) is 0 Å². The monoisotopic (exact) mass is 247 g/mol. The van der Waals surface area contributed by atoms with Gasteiger partial charge in [-0.3, -0.25) is 0 Å². The van der Waals surface area contributed by atoms with Crippen molar-refractivity contribution in [2.75, 3.05) is 37.2 Å². The van der Waals surface area contributed by atoms with Crippen LogP contribution in [0, 0.1) is 12.8 Å². The van der Waals surface area contributed by atoms with Crippen molar-refractivity contribution in [1.82, 2.24) is 4.90 Å². The molecule has 1 saturated heterocycles. The molecule has 18 heavy (non-hydrogen) atoms. The SMILES string of the molecule is CCN1CCC(CNc2ccc(C)c(N)c2)CC1. The van der Waals surface area contributed by atoms with Crippen LogP contribution in [0.4, 0.5) is 11.4 Å². The summed E-state index contributed by atoms with van der Waals surface area (Å²) in [5.74, 6) is 0.801. The zero-order valence-corrected chi connectivity index (χ0v) is 11.6. The summed E-state index contributed by atoms with van der Waals surface area (Å²) in [4.78, 5) is 2.53. The first-order valence-electron chi connectivity index (χ1n) is 7.01. The van der Waals surface area contributed by atoms with E-state index in [4.69, 9.17) is 5.73 Å². The molecule has 0 aromatic heterocycles. The summed E-state index contributed by atoms with van der Waals surface area (Å²) in [5.41, 5.74) is 9.09. The van der Waals surface area contributed by atoms with Crippen LogP contribution in [-0.4, -0.2) is 31.1 Å². The number of likely N-dealkylation sites (tertiary alicyclic amines) is 1.